The summed E-state index contributed by atoms with van der Waals surface area (Å²) in [7, 11) is 1.98. The number of nitrogens with zero attached hydrogens (tertiary/aromatic N) is 3. The molecule has 5 nitrogen and oxygen atoms in total. The number of nitrogens with one attached hydrogen (secondary N) is 1. The summed E-state index contributed by atoms with van der Waals surface area (Å²) in [5, 5.41) is 7.71. The topological polar surface area (TPSA) is 52.0 Å². The van der Waals surface area contributed by atoms with Gasteiger partial charge in [0, 0.05) is 37.8 Å². The first-order valence-electron chi connectivity index (χ1n) is 6.09. The maximum atomic E-state index is 5.77. The van der Waals surface area contributed by atoms with E-state index in [0.29, 0.717) is 12.5 Å². The highest BCUT2D eigenvalue weighted by Crippen LogP contribution is 2.24. The van der Waals surface area contributed by atoms with Gasteiger partial charge in [-0.05, 0) is 12.1 Å². The van der Waals surface area contributed by atoms with E-state index >= 15 is 0 Å². The maximum Gasteiger partial charge on any atom is 0.137 e. The van der Waals surface area contributed by atoms with Gasteiger partial charge in [0.25, 0.3) is 0 Å². The van der Waals surface area contributed by atoms with Crippen LogP contribution >= 0.6 is 0 Å². The van der Waals surface area contributed by atoms with Gasteiger partial charge >= 0.3 is 0 Å². The Morgan fingerprint density at radius 2 is 2.44 bits per heavy atom. The van der Waals surface area contributed by atoms with Gasteiger partial charge in [-0.15, -0.1) is 0 Å². The molecule has 1 atom stereocenters. The lowest BCUT2D eigenvalue weighted by Crippen LogP contribution is -2.31. The second kappa shape index (κ2) is 4.78. The van der Waals surface area contributed by atoms with Crippen molar-refractivity contribution in [3.8, 4) is 5.75 Å². The molecule has 0 unspecified atom stereocenters. The van der Waals surface area contributed by atoms with Gasteiger partial charge in [-0.1, -0.05) is 0 Å². The van der Waals surface area contributed by atoms with E-state index < -0.39 is 0 Å². The molecule has 18 heavy (non-hydrogen) atoms. The van der Waals surface area contributed by atoms with Gasteiger partial charge in [-0.25, -0.2) is 0 Å². The van der Waals surface area contributed by atoms with Crippen LogP contribution in [0.3, 0.4) is 0 Å². The summed E-state index contributed by atoms with van der Waals surface area (Å²) >= 11 is 0. The van der Waals surface area contributed by atoms with Crippen molar-refractivity contribution in [3.05, 3.63) is 42.0 Å². The molecule has 0 spiro atoms. The van der Waals surface area contributed by atoms with Crippen molar-refractivity contribution in [3.63, 3.8) is 0 Å². The lowest BCUT2D eigenvalue weighted by molar-refractivity contribution is 0.276. The maximum absolute atomic E-state index is 5.77. The average Bonchev–Trinajstić information content (AvgIpc) is 2.80. The highest BCUT2D eigenvalue weighted by molar-refractivity contribution is 5.26. The SMILES string of the molecule is Cn1ncc2c1CNC[C@@H]2COc1cccnc1. The summed E-state index contributed by atoms with van der Waals surface area (Å²) in [4.78, 5) is 4.04. The van der Waals surface area contributed by atoms with E-state index in [-0.39, 0.29) is 0 Å². The quantitative estimate of drug-likeness (QED) is 0.878. The van der Waals surface area contributed by atoms with Crippen LogP contribution in [0.2, 0.25) is 0 Å². The highest BCUT2D eigenvalue weighted by atomic mass is 16.5. The third-order valence-electron chi connectivity index (χ3n) is 3.30. The molecule has 0 fully saturated rings. The van der Waals surface area contributed by atoms with Crippen molar-refractivity contribution in [2.45, 2.75) is 12.5 Å². The molecule has 1 aliphatic heterocycles. The number of aryl methyl sites for hydroxylation is 1. The number of fused-ring (bicyclic) bond motifs is 1. The zero-order valence-electron chi connectivity index (χ0n) is 10.3. The predicted octanol–water partition coefficient (Wildman–Crippen LogP) is 1.08. The minimum Gasteiger partial charge on any atom is -0.491 e. The van der Waals surface area contributed by atoms with Crippen LogP contribution in [0.5, 0.6) is 5.75 Å². The van der Waals surface area contributed by atoms with Crippen LogP contribution < -0.4 is 10.1 Å². The van der Waals surface area contributed by atoms with E-state index in [2.05, 4.69) is 15.4 Å². The molecule has 2 aromatic rings. The van der Waals surface area contributed by atoms with E-state index in [1.165, 1.54) is 11.3 Å². The zero-order valence-corrected chi connectivity index (χ0v) is 10.3. The van der Waals surface area contributed by atoms with Gasteiger partial charge in [-0.3, -0.25) is 9.67 Å². The van der Waals surface area contributed by atoms with Gasteiger partial charge < -0.3 is 10.1 Å². The second-order valence-electron chi connectivity index (χ2n) is 4.50. The van der Waals surface area contributed by atoms with Crippen LogP contribution in [0.15, 0.2) is 30.7 Å². The Balaban J connectivity index is 1.71. The van der Waals surface area contributed by atoms with Crippen molar-refractivity contribution in [1.82, 2.24) is 20.1 Å². The third kappa shape index (κ3) is 2.09. The van der Waals surface area contributed by atoms with E-state index in [9.17, 15) is 0 Å². The molecule has 5 heteroatoms. The molecule has 94 valence electrons. The summed E-state index contributed by atoms with van der Waals surface area (Å²) in [5.41, 5.74) is 2.54. The number of rotatable bonds is 3. The fraction of sp³-hybridized carbons (Fsp3) is 0.385. The Kier molecular flexibility index (Phi) is 2.98. The minimum atomic E-state index is 0.350. The normalized spacial score (nSPS) is 18.4. The molecule has 0 saturated carbocycles. The molecule has 1 N–H and O–H groups in total. The summed E-state index contributed by atoms with van der Waals surface area (Å²) in [6, 6.07) is 3.80. The molecule has 0 aliphatic carbocycles. The molecule has 0 radical (unpaired) electrons. The number of hydrogen-bond acceptors (Lipinski definition) is 4. The number of hydrogen-bond donors (Lipinski definition) is 1. The molecular weight excluding hydrogens is 228 g/mol. The summed E-state index contributed by atoms with van der Waals surface area (Å²) in [5.74, 6) is 1.16. The first-order chi connectivity index (χ1) is 8.84. The average molecular weight is 244 g/mol. The zero-order chi connectivity index (χ0) is 12.4. The van der Waals surface area contributed by atoms with Crippen LogP contribution in [-0.2, 0) is 13.6 Å². The molecule has 0 amide bonds. The van der Waals surface area contributed by atoms with Gasteiger partial charge in [-0.2, -0.15) is 5.10 Å². The Morgan fingerprint density at radius 1 is 1.50 bits per heavy atom. The largest absolute Gasteiger partial charge is 0.491 e. The van der Waals surface area contributed by atoms with E-state index in [1.54, 1.807) is 12.4 Å². The fourth-order valence-corrected chi connectivity index (χ4v) is 2.29. The van der Waals surface area contributed by atoms with Gasteiger partial charge in [0.2, 0.25) is 0 Å². The van der Waals surface area contributed by atoms with E-state index in [4.69, 9.17) is 4.74 Å². The third-order valence-corrected chi connectivity index (χ3v) is 3.30. The monoisotopic (exact) mass is 244 g/mol. The molecule has 2 aromatic heterocycles. The van der Waals surface area contributed by atoms with Crippen LogP contribution in [0.1, 0.15) is 17.2 Å². The van der Waals surface area contributed by atoms with Crippen molar-refractivity contribution in [1.29, 1.82) is 0 Å². The van der Waals surface area contributed by atoms with Crippen molar-refractivity contribution in [2.75, 3.05) is 13.2 Å². The lowest BCUT2D eigenvalue weighted by atomic mass is 9.97. The smallest absolute Gasteiger partial charge is 0.137 e. The standard InChI is InChI=1S/C13H16N4O/c1-17-13-8-15-5-10(12(13)7-16-17)9-18-11-3-2-4-14-6-11/h2-4,6-7,10,15H,5,8-9H2,1H3/t10-/m1/s1. The fourth-order valence-electron chi connectivity index (χ4n) is 2.29. The Labute approximate surface area is 106 Å². The number of pyridine rings is 1. The van der Waals surface area contributed by atoms with Crippen LogP contribution in [0.25, 0.3) is 0 Å². The summed E-state index contributed by atoms with van der Waals surface area (Å²) in [6.07, 6.45) is 5.43. The Morgan fingerprint density at radius 3 is 3.28 bits per heavy atom. The van der Waals surface area contributed by atoms with Gasteiger partial charge in [0.1, 0.15) is 5.75 Å². The summed E-state index contributed by atoms with van der Waals surface area (Å²) < 4.78 is 7.70. The van der Waals surface area contributed by atoms with Crippen molar-refractivity contribution >= 4 is 0 Å². The highest BCUT2D eigenvalue weighted by Gasteiger charge is 2.23. The first kappa shape index (κ1) is 11.2. The van der Waals surface area contributed by atoms with Crippen LogP contribution in [-0.4, -0.2) is 27.9 Å². The van der Waals surface area contributed by atoms with Crippen LogP contribution in [0, 0.1) is 0 Å². The van der Waals surface area contributed by atoms with Crippen molar-refractivity contribution < 1.29 is 4.74 Å². The minimum absolute atomic E-state index is 0.350. The molecule has 1 aliphatic rings. The molecule has 0 saturated heterocycles. The van der Waals surface area contributed by atoms with E-state index in [1.807, 2.05) is 30.1 Å². The van der Waals surface area contributed by atoms with Crippen LogP contribution in [0.4, 0.5) is 0 Å². The lowest BCUT2D eigenvalue weighted by Gasteiger charge is -2.23. The van der Waals surface area contributed by atoms with Gasteiger partial charge in [0.05, 0.1) is 24.7 Å². The molecule has 0 aromatic carbocycles. The number of ether oxygens (including phenoxy) is 1. The second-order valence-corrected chi connectivity index (χ2v) is 4.50. The first-order valence-corrected chi connectivity index (χ1v) is 6.09. The van der Waals surface area contributed by atoms with E-state index in [0.717, 1.165) is 18.8 Å². The predicted molar refractivity (Wildman–Crippen MR) is 67.4 cm³/mol. The Bertz CT molecular complexity index is 523. The Hall–Kier alpha value is -1.88. The van der Waals surface area contributed by atoms with Gasteiger partial charge in [0.15, 0.2) is 0 Å². The summed E-state index contributed by atoms with van der Waals surface area (Å²) in [6.45, 7) is 2.46. The molecule has 0 bridgehead atoms. The molecule has 3 rings (SSSR count). The van der Waals surface area contributed by atoms with Crippen molar-refractivity contribution in [2.24, 2.45) is 7.05 Å². The molecule has 3 heterocycles. The molecular formula is C13H16N4O. The number of aromatic nitrogens is 3.